The first-order chi connectivity index (χ1) is 7.25. The molecule has 0 aliphatic rings. The topological polar surface area (TPSA) is 20.2 Å². The maximum atomic E-state index is 12.7. The van der Waals surface area contributed by atoms with Crippen molar-refractivity contribution < 1.29 is 27.1 Å². The average Bonchev–Trinajstić information content (AvgIpc) is 2.17. The molecule has 0 spiro atoms. The molecule has 90 valence electrons. The quantitative estimate of drug-likeness (QED) is 0.663. The number of aliphatic hydroxyl groups excluding tert-OH is 1. The van der Waals surface area contributed by atoms with Crippen molar-refractivity contribution in [1.29, 1.82) is 0 Å². The van der Waals surface area contributed by atoms with Crippen molar-refractivity contribution in [3.63, 3.8) is 0 Å². The number of benzene rings is 1. The van der Waals surface area contributed by atoms with Crippen molar-refractivity contribution in [3.05, 3.63) is 30.3 Å². The first-order valence-electron chi connectivity index (χ1n) is 4.09. The van der Waals surface area contributed by atoms with Gasteiger partial charge in [0.05, 0.1) is 0 Å². The number of aliphatic hydroxyl groups is 1. The van der Waals surface area contributed by atoms with E-state index in [1.807, 2.05) is 0 Å². The predicted octanol–water partition coefficient (Wildman–Crippen LogP) is 1.53. The summed E-state index contributed by atoms with van der Waals surface area (Å²) in [5.74, 6) is -5.07. The first-order valence-corrected chi connectivity index (χ1v) is 5.94. The fourth-order valence-electron chi connectivity index (χ4n) is 0.842. The Morgan fingerprint density at radius 3 is 1.94 bits per heavy atom. The SMILES string of the molecule is OC([Se]c1ccccc1)C(F)(F)C(F)(F)F. The van der Waals surface area contributed by atoms with Gasteiger partial charge in [0.15, 0.2) is 0 Å². The van der Waals surface area contributed by atoms with E-state index in [1.165, 1.54) is 24.3 Å². The third-order valence-electron chi connectivity index (χ3n) is 1.68. The first kappa shape index (κ1) is 13.4. The molecule has 0 aliphatic heterocycles. The van der Waals surface area contributed by atoms with E-state index in [-0.39, 0.29) is 4.46 Å². The Labute approximate surface area is 94.4 Å². The van der Waals surface area contributed by atoms with Gasteiger partial charge >= 0.3 is 93.9 Å². The van der Waals surface area contributed by atoms with Gasteiger partial charge in [-0.3, -0.25) is 0 Å². The molecule has 1 aromatic rings. The van der Waals surface area contributed by atoms with Crippen LogP contribution in [0.4, 0.5) is 22.0 Å². The second-order valence-corrected chi connectivity index (χ2v) is 5.32. The third-order valence-corrected chi connectivity index (χ3v) is 3.91. The van der Waals surface area contributed by atoms with Crippen LogP contribution in [0.1, 0.15) is 0 Å². The van der Waals surface area contributed by atoms with Crippen LogP contribution in [-0.4, -0.2) is 37.2 Å². The normalized spacial score (nSPS) is 14.9. The van der Waals surface area contributed by atoms with Crippen LogP contribution >= 0.6 is 0 Å². The summed E-state index contributed by atoms with van der Waals surface area (Å²) in [6.07, 6.45) is -5.72. The van der Waals surface area contributed by atoms with E-state index in [4.69, 9.17) is 5.11 Å². The van der Waals surface area contributed by atoms with Gasteiger partial charge in [0.2, 0.25) is 0 Å². The summed E-state index contributed by atoms with van der Waals surface area (Å²) < 4.78 is 61.2. The Balaban J connectivity index is 2.76. The zero-order valence-corrected chi connectivity index (χ0v) is 9.42. The third kappa shape index (κ3) is 2.93. The fraction of sp³-hybridized carbons (Fsp3) is 0.333. The number of alkyl halides is 5. The average molecular weight is 305 g/mol. The molecule has 1 atom stereocenters. The molecule has 0 aromatic heterocycles. The summed E-state index contributed by atoms with van der Waals surface area (Å²) in [7, 11) is 0. The standard InChI is InChI=1S/C9H7F5OSe/c10-8(11,9(12,13)14)7(15)16-6-4-2-1-3-5-6/h1-5,7,15H. The summed E-state index contributed by atoms with van der Waals surface area (Å²) in [5.41, 5.74) is 0. The molecular formula is C9H7F5OSe. The summed E-state index contributed by atoms with van der Waals surface area (Å²) in [6, 6.07) is 7.42. The maximum absolute atomic E-state index is 12.7. The van der Waals surface area contributed by atoms with Crippen molar-refractivity contribution in [2.45, 2.75) is 17.1 Å². The van der Waals surface area contributed by atoms with Gasteiger partial charge in [0.25, 0.3) is 0 Å². The van der Waals surface area contributed by atoms with Crippen molar-refractivity contribution >= 4 is 19.4 Å². The number of hydrogen-bond donors (Lipinski definition) is 1. The minimum absolute atomic E-state index is 0.284. The van der Waals surface area contributed by atoms with Gasteiger partial charge in [-0.2, -0.15) is 0 Å². The van der Waals surface area contributed by atoms with E-state index >= 15 is 0 Å². The molecule has 1 unspecified atom stereocenters. The molecule has 1 aromatic carbocycles. The van der Waals surface area contributed by atoms with Crippen LogP contribution in [0.25, 0.3) is 0 Å². The van der Waals surface area contributed by atoms with Crippen LogP contribution in [0.5, 0.6) is 0 Å². The van der Waals surface area contributed by atoms with Gasteiger partial charge in [-0.15, -0.1) is 0 Å². The van der Waals surface area contributed by atoms with Crippen molar-refractivity contribution in [3.8, 4) is 0 Å². The summed E-state index contributed by atoms with van der Waals surface area (Å²) >= 11 is -1.35. The van der Waals surface area contributed by atoms with Crippen LogP contribution in [0, 0.1) is 0 Å². The van der Waals surface area contributed by atoms with E-state index in [2.05, 4.69) is 0 Å². The van der Waals surface area contributed by atoms with Gasteiger partial charge < -0.3 is 0 Å². The molecule has 16 heavy (non-hydrogen) atoms. The van der Waals surface area contributed by atoms with Gasteiger partial charge in [-0.05, 0) is 0 Å². The molecule has 0 aliphatic carbocycles. The van der Waals surface area contributed by atoms with Crippen molar-refractivity contribution in [1.82, 2.24) is 0 Å². The Morgan fingerprint density at radius 2 is 1.50 bits per heavy atom. The molecule has 0 fully saturated rings. The molecule has 0 amide bonds. The Bertz CT molecular complexity index is 338. The zero-order valence-electron chi connectivity index (χ0n) is 7.71. The van der Waals surface area contributed by atoms with Gasteiger partial charge in [-0.1, -0.05) is 0 Å². The Hall–Kier alpha value is -0.651. The van der Waals surface area contributed by atoms with Gasteiger partial charge in [0, 0.05) is 0 Å². The molecule has 1 N–H and O–H groups in total. The Morgan fingerprint density at radius 1 is 1.00 bits per heavy atom. The number of halogens is 5. The molecule has 0 saturated heterocycles. The number of rotatable bonds is 3. The van der Waals surface area contributed by atoms with Crippen molar-refractivity contribution in [2.24, 2.45) is 0 Å². The van der Waals surface area contributed by atoms with Gasteiger partial charge in [0.1, 0.15) is 0 Å². The van der Waals surface area contributed by atoms with E-state index in [0.29, 0.717) is 0 Å². The second kappa shape index (κ2) is 4.69. The van der Waals surface area contributed by atoms with Crippen LogP contribution in [0.15, 0.2) is 30.3 Å². The van der Waals surface area contributed by atoms with E-state index in [1.54, 1.807) is 6.07 Å². The minimum atomic E-state index is -5.72. The zero-order chi connectivity index (χ0) is 12.4. The number of hydrogen-bond acceptors (Lipinski definition) is 1. The van der Waals surface area contributed by atoms with Crippen LogP contribution in [-0.2, 0) is 0 Å². The van der Waals surface area contributed by atoms with Gasteiger partial charge in [-0.25, -0.2) is 0 Å². The van der Waals surface area contributed by atoms with Crippen LogP contribution in [0.3, 0.4) is 0 Å². The second-order valence-electron chi connectivity index (χ2n) is 2.90. The van der Waals surface area contributed by atoms with Crippen LogP contribution in [0.2, 0.25) is 0 Å². The molecule has 1 rings (SSSR count). The summed E-state index contributed by atoms with van der Waals surface area (Å²) in [5, 5.41) is 6.22. The fourth-order valence-corrected chi connectivity index (χ4v) is 2.63. The van der Waals surface area contributed by atoms with E-state index < -0.39 is 32.1 Å². The Kier molecular flexibility index (Phi) is 3.93. The van der Waals surface area contributed by atoms with E-state index in [9.17, 15) is 22.0 Å². The summed E-state index contributed by atoms with van der Waals surface area (Å²) in [4.78, 5) is 0. The molecule has 0 radical (unpaired) electrons. The molecule has 7 heteroatoms. The molecule has 0 saturated carbocycles. The van der Waals surface area contributed by atoms with E-state index in [0.717, 1.165) is 0 Å². The molecule has 0 bridgehead atoms. The van der Waals surface area contributed by atoms with Crippen molar-refractivity contribution in [2.75, 3.05) is 0 Å². The predicted molar refractivity (Wildman–Crippen MR) is 48.8 cm³/mol. The monoisotopic (exact) mass is 306 g/mol. The molecular weight excluding hydrogens is 298 g/mol. The molecule has 0 heterocycles. The molecule has 1 nitrogen and oxygen atoms in total. The summed E-state index contributed by atoms with van der Waals surface area (Å²) in [6.45, 7) is 0. The van der Waals surface area contributed by atoms with Crippen LogP contribution < -0.4 is 4.46 Å².